The number of morpholine rings is 1. The molecular weight excluding hydrogens is 442 g/mol. The highest BCUT2D eigenvalue weighted by Crippen LogP contribution is 2.29. The lowest BCUT2D eigenvalue weighted by molar-refractivity contribution is -0.113. The van der Waals surface area contributed by atoms with Crippen molar-refractivity contribution in [3.05, 3.63) is 59.7 Å². The second kappa shape index (κ2) is 10.5. The van der Waals surface area contributed by atoms with Crippen molar-refractivity contribution in [2.45, 2.75) is 12.1 Å². The molecule has 0 saturated carbocycles. The Morgan fingerprint density at radius 2 is 1.91 bits per heavy atom. The number of nitrogens with zero attached hydrogens (tertiary/aromatic N) is 4. The van der Waals surface area contributed by atoms with Gasteiger partial charge in [-0.2, -0.15) is 0 Å². The van der Waals surface area contributed by atoms with E-state index >= 15 is 0 Å². The monoisotopic (exact) mass is 467 g/mol. The number of benzene rings is 2. The van der Waals surface area contributed by atoms with Crippen molar-refractivity contribution in [2.24, 2.45) is 0 Å². The van der Waals surface area contributed by atoms with Gasteiger partial charge in [-0.05, 0) is 36.8 Å². The summed E-state index contributed by atoms with van der Waals surface area (Å²) in [6, 6.07) is 14.6. The number of hydrogen-bond acceptors (Lipinski definition) is 8. The Bertz CT molecular complexity index is 1140. The molecule has 0 aliphatic carbocycles. The van der Waals surface area contributed by atoms with Crippen LogP contribution in [0.1, 0.15) is 15.9 Å². The molecule has 0 unspecified atom stereocenters. The van der Waals surface area contributed by atoms with E-state index in [0.29, 0.717) is 29.6 Å². The fourth-order valence-electron chi connectivity index (χ4n) is 3.52. The van der Waals surface area contributed by atoms with Crippen LogP contribution < -0.4 is 10.2 Å². The topological polar surface area (TPSA) is 98.6 Å². The third kappa shape index (κ3) is 5.35. The number of esters is 1. The number of methoxy groups -OCH3 is 1. The maximum Gasteiger partial charge on any atom is 0.337 e. The van der Waals surface area contributed by atoms with Gasteiger partial charge in [0.1, 0.15) is 0 Å². The Labute approximate surface area is 196 Å². The largest absolute Gasteiger partial charge is 0.465 e. The molecule has 0 bridgehead atoms. The van der Waals surface area contributed by atoms with Crippen LogP contribution >= 0.6 is 11.8 Å². The number of aromatic nitrogens is 3. The Morgan fingerprint density at radius 3 is 2.67 bits per heavy atom. The highest BCUT2D eigenvalue weighted by molar-refractivity contribution is 7.99. The molecule has 4 rings (SSSR count). The van der Waals surface area contributed by atoms with Crippen LogP contribution in [0.3, 0.4) is 0 Å². The highest BCUT2D eigenvalue weighted by Gasteiger charge is 2.23. The van der Waals surface area contributed by atoms with E-state index in [1.54, 1.807) is 24.3 Å². The summed E-state index contributed by atoms with van der Waals surface area (Å²) in [6.07, 6.45) is 0. The van der Waals surface area contributed by atoms with E-state index in [4.69, 9.17) is 9.47 Å². The molecule has 0 spiro atoms. The number of amides is 1. The standard InChI is InChI=1S/C23H25N5O4S/c1-16-6-3-4-9-19(16)28-22(27-10-12-32-13-11-27)25-26-23(28)33-15-20(29)24-18-8-5-7-17(14-18)21(30)31-2/h3-9,14H,10-13,15H2,1-2H3,(H,24,29). The fourth-order valence-corrected chi connectivity index (χ4v) is 4.26. The summed E-state index contributed by atoms with van der Waals surface area (Å²) in [6.45, 7) is 4.76. The number of hydrogen-bond donors (Lipinski definition) is 1. The van der Waals surface area contributed by atoms with Gasteiger partial charge in [-0.3, -0.25) is 9.36 Å². The number of carbonyl (C=O) groups excluding carboxylic acids is 2. The summed E-state index contributed by atoms with van der Waals surface area (Å²) in [5.74, 6) is 0.202. The molecule has 33 heavy (non-hydrogen) atoms. The molecule has 0 radical (unpaired) electrons. The number of nitrogens with one attached hydrogen (secondary N) is 1. The maximum absolute atomic E-state index is 12.6. The zero-order valence-electron chi connectivity index (χ0n) is 18.5. The van der Waals surface area contributed by atoms with Crippen molar-refractivity contribution in [1.29, 1.82) is 0 Å². The Balaban J connectivity index is 1.52. The Kier molecular flexibility index (Phi) is 7.26. The van der Waals surface area contributed by atoms with Crippen molar-refractivity contribution in [3.63, 3.8) is 0 Å². The van der Waals surface area contributed by atoms with E-state index in [-0.39, 0.29) is 11.7 Å². The summed E-state index contributed by atoms with van der Waals surface area (Å²) in [5, 5.41) is 12.3. The van der Waals surface area contributed by atoms with Crippen LogP contribution in [0.15, 0.2) is 53.7 Å². The molecule has 9 nitrogen and oxygen atoms in total. The molecule has 2 aromatic carbocycles. The van der Waals surface area contributed by atoms with Gasteiger partial charge in [-0.15, -0.1) is 10.2 Å². The second-order valence-corrected chi connectivity index (χ2v) is 8.36. The Morgan fingerprint density at radius 1 is 1.12 bits per heavy atom. The van der Waals surface area contributed by atoms with E-state index in [0.717, 1.165) is 30.3 Å². The van der Waals surface area contributed by atoms with Gasteiger partial charge in [0, 0.05) is 18.8 Å². The SMILES string of the molecule is COC(=O)c1cccc(NC(=O)CSc2nnc(N3CCOCC3)n2-c2ccccc2C)c1. The predicted octanol–water partition coefficient (Wildman–Crippen LogP) is 2.93. The van der Waals surface area contributed by atoms with E-state index in [1.807, 2.05) is 35.8 Å². The van der Waals surface area contributed by atoms with Gasteiger partial charge in [0.2, 0.25) is 11.9 Å². The van der Waals surface area contributed by atoms with E-state index in [1.165, 1.54) is 18.9 Å². The van der Waals surface area contributed by atoms with Gasteiger partial charge in [-0.25, -0.2) is 4.79 Å². The zero-order valence-corrected chi connectivity index (χ0v) is 19.3. The van der Waals surface area contributed by atoms with Crippen molar-refractivity contribution < 1.29 is 19.1 Å². The molecule has 1 aliphatic rings. The first kappa shape index (κ1) is 22.8. The molecule has 1 fully saturated rings. The van der Waals surface area contributed by atoms with Crippen LogP contribution in [-0.2, 0) is 14.3 Å². The van der Waals surface area contributed by atoms with Gasteiger partial charge in [0.15, 0.2) is 5.16 Å². The molecule has 1 aliphatic heterocycles. The molecule has 1 amide bonds. The fraction of sp³-hybridized carbons (Fsp3) is 0.304. The average molecular weight is 468 g/mol. The van der Waals surface area contributed by atoms with Crippen molar-refractivity contribution in [2.75, 3.05) is 49.4 Å². The highest BCUT2D eigenvalue weighted by atomic mass is 32.2. The number of thioether (sulfide) groups is 1. The zero-order chi connectivity index (χ0) is 23.2. The normalized spacial score (nSPS) is 13.6. The summed E-state index contributed by atoms with van der Waals surface area (Å²) in [7, 11) is 1.32. The van der Waals surface area contributed by atoms with E-state index in [2.05, 4.69) is 20.4 Å². The minimum absolute atomic E-state index is 0.135. The molecule has 2 heterocycles. The summed E-state index contributed by atoms with van der Waals surface area (Å²) in [4.78, 5) is 26.5. The smallest absolute Gasteiger partial charge is 0.337 e. The van der Waals surface area contributed by atoms with Crippen molar-refractivity contribution in [3.8, 4) is 5.69 Å². The summed E-state index contributed by atoms with van der Waals surface area (Å²) < 4.78 is 12.2. The first-order valence-electron chi connectivity index (χ1n) is 10.5. The first-order valence-corrected chi connectivity index (χ1v) is 11.5. The first-order chi connectivity index (χ1) is 16.1. The van der Waals surface area contributed by atoms with Crippen molar-refractivity contribution >= 4 is 35.3 Å². The lowest BCUT2D eigenvalue weighted by atomic mass is 10.2. The van der Waals surface area contributed by atoms with Crippen LogP contribution in [0.2, 0.25) is 0 Å². The van der Waals surface area contributed by atoms with E-state index < -0.39 is 5.97 Å². The van der Waals surface area contributed by atoms with Gasteiger partial charge in [0.25, 0.3) is 0 Å². The molecule has 1 saturated heterocycles. The van der Waals surface area contributed by atoms with Crippen LogP contribution in [0.5, 0.6) is 0 Å². The quantitative estimate of drug-likeness (QED) is 0.418. The lowest BCUT2D eigenvalue weighted by Gasteiger charge is -2.28. The number of rotatable bonds is 7. The average Bonchev–Trinajstić information content (AvgIpc) is 3.27. The molecule has 0 atom stereocenters. The van der Waals surface area contributed by atoms with Crippen LogP contribution in [-0.4, -0.2) is 65.8 Å². The summed E-state index contributed by atoms with van der Waals surface area (Å²) in [5.41, 5.74) is 2.95. The Hall–Kier alpha value is -3.37. The minimum Gasteiger partial charge on any atom is -0.465 e. The van der Waals surface area contributed by atoms with Gasteiger partial charge in [-0.1, -0.05) is 36.0 Å². The molecule has 10 heteroatoms. The van der Waals surface area contributed by atoms with E-state index in [9.17, 15) is 9.59 Å². The number of para-hydroxylation sites is 1. The third-order valence-electron chi connectivity index (χ3n) is 5.17. The van der Waals surface area contributed by atoms with Gasteiger partial charge >= 0.3 is 5.97 Å². The molecule has 1 N–H and O–H groups in total. The number of carbonyl (C=O) groups is 2. The predicted molar refractivity (Wildman–Crippen MR) is 126 cm³/mol. The molecule has 3 aromatic rings. The van der Waals surface area contributed by atoms with Crippen LogP contribution in [0.4, 0.5) is 11.6 Å². The third-order valence-corrected chi connectivity index (χ3v) is 6.10. The molecule has 172 valence electrons. The van der Waals surface area contributed by atoms with Crippen molar-refractivity contribution in [1.82, 2.24) is 14.8 Å². The maximum atomic E-state index is 12.6. The van der Waals surface area contributed by atoms with Crippen LogP contribution in [0, 0.1) is 6.92 Å². The van der Waals surface area contributed by atoms with Crippen LogP contribution in [0.25, 0.3) is 5.69 Å². The number of anilines is 2. The summed E-state index contributed by atoms with van der Waals surface area (Å²) >= 11 is 1.31. The number of aryl methyl sites for hydroxylation is 1. The second-order valence-electron chi connectivity index (χ2n) is 7.41. The van der Waals surface area contributed by atoms with Gasteiger partial charge < -0.3 is 19.7 Å². The molecule has 1 aromatic heterocycles. The number of ether oxygens (including phenoxy) is 2. The minimum atomic E-state index is -0.456. The van der Waals surface area contributed by atoms with Gasteiger partial charge in [0.05, 0.1) is 37.3 Å². The lowest BCUT2D eigenvalue weighted by Crippen LogP contribution is -2.38. The molecular formula is C23H25N5O4S.